The van der Waals surface area contributed by atoms with Gasteiger partial charge in [0.15, 0.2) is 0 Å². The van der Waals surface area contributed by atoms with Gasteiger partial charge in [-0.2, -0.15) is 0 Å². The van der Waals surface area contributed by atoms with E-state index in [0.29, 0.717) is 11.8 Å². The van der Waals surface area contributed by atoms with Crippen LogP contribution >= 0.6 is 0 Å². The normalized spacial score (nSPS) is 34.3. The minimum atomic E-state index is 0.505. The van der Waals surface area contributed by atoms with Gasteiger partial charge >= 0.3 is 0 Å². The first kappa shape index (κ1) is 5.70. The van der Waals surface area contributed by atoms with Crippen molar-refractivity contribution in [2.24, 2.45) is 16.8 Å². The molecule has 1 aliphatic carbocycles. The molecule has 2 unspecified atom stereocenters. The summed E-state index contributed by atoms with van der Waals surface area (Å²) in [7, 11) is 0. The van der Waals surface area contributed by atoms with E-state index in [1.807, 2.05) is 18.4 Å². The molecule has 2 rings (SSSR count). The van der Waals surface area contributed by atoms with E-state index >= 15 is 0 Å². The van der Waals surface area contributed by atoms with Gasteiger partial charge in [0.1, 0.15) is 0 Å². The summed E-state index contributed by atoms with van der Waals surface area (Å²) in [6, 6.07) is 0. The number of rotatable bonds is 0. The van der Waals surface area contributed by atoms with Crippen LogP contribution in [0, 0.1) is 11.8 Å². The molecule has 0 spiro atoms. The summed E-state index contributed by atoms with van der Waals surface area (Å²) in [5.41, 5.74) is 4.27. The summed E-state index contributed by atoms with van der Waals surface area (Å²) >= 11 is 0. The van der Waals surface area contributed by atoms with Gasteiger partial charge in [-0.25, -0.2) is 0 Å². The van der Waals surface area contributed by atoms with E-state index in [0.717, 1.165) is 0 Å². The minimum Gasteiger partial charge on any atom is -0.265 e. The highest BCUT2D eigenvalue weighted by Crippen LogP contribution is 2.29. The van der Waals surface area contributed by atoms with E-state index < -0.39 is 0 Å². The maximum atomic E-state index is 4.27. The largest absolute Gasteiger partial charge is 0.265 e. The van der Waals surface area contributed by atoms with Crippen molar-refractivity contribution in [2.75, 3.05) is 0 Å². The van der Waals surface area contributed by atoms with Crippen LogP contribution in [0.5, 0.6) is 0 Å². The first-order valence-electron chi connectivity index (χ1n) is 3.55. The molecule has 0 aromatic carbocycles. The minimum absolute atomic E-state index is 0.505. The van der Waals surface area contributed by atoms with Crippen molar-refractivity contribution in [1.29, 1.82) is 0 Å². The van der Waals surface area contributed by atoms with Crippen molar-refractivity contribution < 1.29 is 0 Å². The Labute approximate surface area is 60.5 Å². The van der Waals surface area contributed by atoms with Crippen LogP contribution in [0.2, 0.25) is 0 Å². The van der Waals surface area contributed by atoms with Gasteiger partial charge in [-0.1, -0.05) is 6.92 Å². The zero-order chi connectivity index (χ0) is 6.97. The molecule has 0 aromatic heterocycles. The van der Waals surface area contributed by atoms with E-state index in [1.54, 1.807) is 0 Å². The SMILES string of the molecule is CC1C=NC2=CC=C=CC21. The molecular weight excluding hydrogens is 122 g/mol. The van der Waals surface area contributed by atoms with Crippen LogP contribution in [-0.2, 0) is 0 Å². The molecule has 0 saturated carbocycles. The van der Waals surface area contributed by atoms with Crippen molar-refractivity contribution in [3.8, 4) is 0 Å². The molecule has 0 radical (unpaired) electrons. The number of hydrogen-bond donors (Lipinski definition) is 0. The fourth-order valence-electron chi connectivity index (χ4n) is 1.34. The van der Waals surface area contributed by atoms with E-state index in [4.69, 9.17) is 0 Å². The average Bonchev–Trinajstić information content (AvgIpc) is 2.34. The van der Waals surface area contributed by atoms with Crippen LogP contribution in [0.15, 0.2) is 34.6 Å². The molecule has 0 bridgehead atoms. The van der Waals surface area contributed by atoms with E-state index in [9.17, 15) is 0 Å². The van der Waals surface area contributed by atoms with Crippen molar-refractivity contribution in [1.82, 2.24) is 0 Å². The zero-order valence-corrected chi connectivity index (χ0v) is 5.91. The molecule has 1 heterocycles. The molecule has 10 heavy (non-hydrogen) atoms. The predicted octanol–water partition coefficient (Wildman–Crippen LogP) is 1.93. The van der Waals surface area contributed by atoms with Crippen molar-refractivity contribution >= 4 is 6.21 Å². The summed E-state index contributed by atoms with van der Waals surface area (Å²) in [5.74, 6) is 1.07. The topological polar surface area (TPSA) is 12.4 Å². The van der Waals surface area contributed by atoms with Gasteiger partial charge in [-0.05, 0) is 18.2 Å². The summed E-state index contributed by atoms with van der Waals surface area (Å²) in [6.07, 6.45) is 8.05. The third-order valence-corrected chi connectivity index (χ3v) is 1.99. The quantitative estimate of drug-likeness (QED) is 0.445. The van der Waals surface area contributed by atoms with Crippen LogP contribution < -0.4 is 0 Å². The van der Waals surface area contributed by atoms with Gasteiger partial charge in [0, 0.05) is 23.7 Å². The number of nitrogens with zero attached hydrogens (tertiary/aromatic N) is 1. The number of hydrogen-bond acceptors (Lipinski definition) is 1. The van der Waals surface area contributed by atoms with Crippen molar-refractivity contribution in [3.05, 3.63) is 29.7 Å². The molecule has 2 atom stereocenters. The van der Waals surface area contributed by atoms with Crippen LogP contribution in [0.3, 0.4) is 0 Å². The van der Waals surface area contributed by atoms with E-state index in [2.05, 4.69) is 23.7 Å². The number of aliphatic imine (C=N–C) groups is 1. The average molecular weight is 131 g/mol. The maximum Gasteiger partial charge on any atom is 0.0487 e. The first-order valence-corrected chi connectivity index (χ1v) is 3.55. The Morgan fingerprint density at radius 1 is 1.60 bits per heavy atom. The first-order chi connectivity index (χ1) is 4.88. The number of allylic oxidation sites excluding steroid dienone is 2. The summed E-state index contributed by atoms with van der Waals surface area (Å²) in [6.45, 7) is 2.18. The van der Waals surface area contributed by atoms with Crippen molar-refractivity contribution in [3.63, 3.8) is 0 Å². The van der Waals surface area contributed by atoms with E-state index in [1.165, 1.54) is 5.70 Å². The molecule has 0 aromatic rings. The van der Waals surface area contributed by atoms with Crippen LogP contribution in [0.25, 0.3) is 0 Å². The smallest absolute Gasteiger partial charge is 0.0487 e. The molecule has 2 aliphatic rings. The van der Waals surface area contributed by atoms with Crippen LogP contribution in [0.4, 0.5) is 0 Å². The number of fused-ring (bicyclic) bond motifs is 1. The Morgan fingerprint density at radius 2 is 2.50 bits per heavy atom. The molecule has 0 saturated heterocycles. The Hall–Kier alpha value is -1.07. The van der Waals surface area contributed by atoms with Gasteiger partial charge in [-0.15, -0.1) is 5.73 Å². The fraction of sp³-hybridized carbons (Fsp3) is 0.333. The standard InChI is InChI=1S/C9H9N/c1-7-6-10-9-5-3-2-4-8(7)9/h3-8H,1H3. The molecule has 0 amide bonds. The van der Waals surface area contributed by atoms with Gasteiger partial charge < -0.3 is 0 Å². The fourth-order valence-corrected chi connectivity index (χ4v) is 1.34. The maximum absolute atomic E-state index is 4.27. The lowest BCUT2D eigenvalue weighted by Crippen LogP contribution is -2.05. The molecule has 1 heteroatoms. The Balaban J connectivity index is 2.41. The van der Waals surface area contributed by atoms with Gasteiger partial charge in [0.05, 0.1) is 0 Å². The van der Waals surface area contributed by atoms with Crippen molar-refractivity contribution in [2.45, 2.75) is 6.92 Å². The monoisotopic (exact) mass is 131 g/mol. The van der Waals surface area contributed by atoms with Crippen LogP contribution in [-0.4, -0.2) is 6.21 Å². The second kappa shape index (κ2) is 1.96. The summed E-state index contributed by atoms with van der Waals surface area (Å²) in [4.78, 5) is 4.27. The predicted molar refractivity (Wildman–Crippen MR) is 41.9 cm³/mol. The van der Waals surface area contributed by atoms with Gasteiger partial charge in [0.25, 0.3) is 0 Å². The molecule has 1 nitrogen and oxygen atoms in total. The van der Waals surface area contributed by atoms with Gasteiger partial charge in [0.2, 0.25) is 0 Å². The highest BCUT2D eigenvalue weighted by molar-refractivity contribution is 5.68. The molecule has 50 valence electrons. The zero-order valence-electron chi connectivity index (χ0n) is 5.91. The highest BCUT2D eigenvalue weighted by Gasteiger charge is 2.22. The lowest BCUT2D eigenvalue weighted by Gasteiger charge is -2.09. The Morgan fingerprint density at radius 3 is 3.30 bits per heavy atom. The highest BCUT2D eigenvalue weighted by atomic mass is 14.8. The lowest BCUT2D eigenvalue weighted by atomic mass is 9.93. The second-order valence-electron chi connectivity index (χ2n) is 2.75. The summed E-state index contributed by atoms with van der Waals surface area (Å²) < 4.78 is 0. The summed E-state index contributed by atoms with van der Waals surface area (Å²) in [5, 5.41) is 0. The Bertz CT molecular complexity index is 264. The lowest BCUT2D eigenvalue weighted by molar-refractivity contribution is 0.653. The van der Waals surface area contributed by atoms with Gasteiger partial charge in [-0.3, -0.25) is 4.99 Å². The molecule has 1 aliphatic heterocycles. The second-order valence-corrected chi connectivity index (χ2v) is 2.75. The molecule has 0 fully saturated rings. The molecular formula is C9H9N. The van der Waals surface area contributed by atoms with E-state index in [-0.39, 0.29) is 0 Å². The molecule has 0 N–H and O–H groups in total. The Kier molecular flexibility index (Phi) is 1.12. The third kappa shape index (κ3) is 0.680. The van der Waals surface area contributed by atoms with Crippen LogP contribution in [0.1, 0.15) is 6.92 Å². The third-order valence-electron chi connectivity index (χ3n) is 1.99.